The topological polar surface area (TPSA) is 90.9 Å². The minimum atomic E-state index is -0.337. The van der Waals surface area contributed by atoms with E-state index in [1.54, 1.807) is 0 Å². The molecule has 0 radical (unpaired) electrons. The van der Waals surface area contributed by atoms with Crippen LogP contribution in [0.1, 0.15) is 47.5 Å². The Balaban J connectivity index is 3.87. The van der Waals surface area contributed by atoms with Gasteiger partial charge in [0.25, 0.3) is 0 Å². The summed E-state index contributed by atoms with van der Waals surface area (Å²) in [5.74, 6) is 0.236. The van der Waals surface area contributed by atoms with Crippen molar-refractivity contribution in [3.8, 4) is 0 Å². The van der Waals surface area contributed by atoms with Gasteiger partial charge in [-0.25, -0.2) is 0 Å². The van der Waals surface area contributed by atoms with Crippen molar-refractivity contribution in [2.45, 2.75) is 53.6 Å². The van der Waals surface area contributed by atoms with Crippen LogP contribution in [0.5, 0.6) is 0 Å². The molecule has 0 rings (SSSR count). The van der Waals surface area contributed by atoms with Crippen LogP contribution in [0.2, 0.25) is 0 Å². The van der Waals surface area contributed by atoms with Crippen LogP contribution in [-0.2, 0) is 0 Å². The average Bonchev–Trinajstić information content (AvgIpc) is 2.20. The van der Waals surface area contributed by atoms with E-state index in [-0.39, 0.29) is 22.8 Å². The van der Waals surface area contributed by atoms with Crippen molar-refractivity contribution in [1.82, 2.24) is 5.32 Å². The van der Waals surface area contributed by atoms with E-state index in [0.29, 0.717) is 6.54 Å². The minimum Gasteiger partial charge on any atom is -0.409 e. The molecule has 0 aromatic heterocycles. The third kappa shape index (κ3) is 7.50. The number of aliphatic hydroxyl groups is 1. The fourth-order valence-corrected chi connectivity index (χ4v) is 1.71. The van der Waals surface area contributed by atoms with Crippen LogP contribution in [0.25, 0.3) is 0 Å². The Labute approximate surface area is 110 Å². The van der Waals surface area contributed by atoms with Gasteiger partial charge in [0.2, 0.25) is 0 Å². The third-order valence-corrected chi connectivity index (χ3v) is 2.96. The van der Waals surface area contributed by atoms with Gasteiger partial charge in [0, 0.05) is 12.0 Å². The Morgan fingerprint density at radius 3 is 2.28 bits per heavy atom. The predicted octanol–water partition coefficient (Wildman–Crippen LogP) is 1.54. The molecule has 5 heteroatoms. The zero-order chi connectivity index (χ0) is 14.4. The molecule has 0 aliphatic rings. The van der Waals surface area contributed by atoms with Gasteiger partial charge in [-0.3, -0.25) is 0 Å². The molecule has 108 valence electrons. The molecule has 0 aliphatic heterocycles. The van der Waals surface area contributed by atoms with E-state index >= 15 is 0 Å². The molecule has 0 bridgehead atoms. The molecule has 18 heavy (non-hydrogen) atoms. The number of nitrogens with zero attached hydrogens (tertiary/aromatic N) is 1. The van der Waals surface area contributed by atoms with Gasteiger partial charge < -0.3 is 21.4 Å². The predicted molar refractivity (Wildman–Crippen MR) is 74.8 cm³/mol. The van der Waals surface area contributed by atoms with E-state index in [0.717, 1.165) is 19.4 Å². The van der Waals surface area contributed by atoms with Crippen LogP contribution in [0.4, 0.5) is 0 Å². The Hall–Kier alpha value is -0.810. The van der Waals surface area contributed by atoms with Crippen LogP contribution < -0.4 is 11.1 Å². The van der Waals surface area contributed by atoms with Gasteiger partial charge in [0.05, 0.1) is 6.10 Å². The minimum absolute atomic E-state index is 0.133. The Morgan fingerprint density at radius 1 is 1.28 bits per heavy atom. The van der Waals surface area contributed by atoms with Crippen molar-refractivity contribution >= 4 is 5.84 Å². The molecule has 0 amide bonds. The largest absolute Gasteiger partial charge is 0.409 e. The molecule has 0 heterocycles. The van der Waals surface area contributed by atoms with Gasteiger partial charge in [-0.15, -0.1) is 0 Å². The molecule has 1 unspecified atom stereocenters. The van der Waals surface area contributed by atoms with Crippen molar-refractivity contribution in [3.63, 3.8) is 0 Å². The van der Waals surface area contributed by atoms with Crippen molar-refractivity contribution in [1.29, 1.82) is 0 Å². The normalized spacial score (nSPS) is 15.8. The summed E-state index contributed by atoms with van der Waals surface area (Å²) in [5, 5.41) is 24.7. The highest BCUT2D eigenvalue weighted by molar-refractivity contribution is 5.85. The van der Waals surface area contributed by atoms with Crippen LogP contribution in [0.15, 0.2) is 5.16 Å². The van der Waals surface area contributed by atoms with Gasteiger partial charge in [0.1, 0.15) is 5.84 Å². The molecule has 1 atom stereocenters. The first-order valence-electron chi connectivity index (χ1n) is 6.45. The van der Waals surface area contributed by atoms with Gasteiger partial charge >= 0.3 is 0 Å². The maximum absolute atomic E-state index is 9.82. The zero-order valence-corrected chi connectivity index (χ0v) is 12.3. The fourth-order valence-electron chi connectivity index (χ4n) is 1.71. The molecule has 5 nitrogen and oxygen atoms in total. The SMILES string of the molecule is CC(C)(C)CC(O)CNCCC(C)(C)C(N)=NO. The van der Waals surface area contributed by atoms with Crippen molar-refractivity contribution in [2.75, 3.05) is 13.1 Å². The number of amidine groups is 1. The molecule has 0 aliphatic carbocycles. The monoisotopic (exact) mass is 259 g/mol. The summed E-state index contributed by atoms with van der Waals surface area (Å²) in [6.45, 7) is 11.5. The van der Waals surface area contributed by atoms with E-state index in [1.807, 2.05) is 13.8 Å². The summed E-state index contributed by atoms with van der Waals surface area (Å²) < 4.78 is 0. The highest BCUT2D eigenvalue weighted by Gasteiger charge is 2.23. The summed E-state index contributed by atoms with van der Waals surface area (Å²) in [7, 11) is 0. The number of nitrogens with two attached hydrogens (primary N) is 1. The van der Waals surface area contributed by atoms with Crippen LogP contribution in [0.3, 0.4) is 0 Å². The van der Waals surface area contributed by atoms with Gasteiger partial charge in [-0.1, -0.05) is 39.8 Å². The Kier molecular flexibility index (Phi) is 6.63. The molecule has 0 aromatic carbocycles. The molecular formula is C13H29N3O2. The number of oxime groups is 1. The highest BCUT2D eigenvalue weighted by Crippen LogP contribution is 2.21. The Bertz CT molecular complexity index is 270. The number of hydrogen-bond acceptors (Lipinski definition) is 4. The molecule has 5 N–H and O–H groups in total. The quantitative estimate of drug-likeness (QED) is 0.183. The van der Waals surface area contributed by atoms with E-state index in [9.17, 15) is 5.11 Å². The molecular weight excluding hydrogens is 230 g/mol. The Morgan fingerprint density at radius 2 is 1.83 bits per heavy atom. The second-order valence-electron chi connectivity index (χ2n) is 6.74. The van der Waals surface area contributed by atoms with Crippen LogP contribution >= 0.6 is 0 Å². The molecule has 0 saturated carbocycles. The van der Waals surface area contributed by atoms with Crippen molar-refractivity contribution in [3.05, 3.63) is 0 Å². The number of hydrogen-bond donors (Lipinski definition) is 4. The fraction of sp³-hybridized carbons (Fsp3) is 0.923. The van der Waals surface area contributed by atoms with Crippen molar-refractivity contribution < 1.29 is 10.3 Å². The van der Waals surface area contributed by atoms with E-state index in [2.05, 4.69) is 31.2 Å². The van der Waals surface area contributed by atoms with E-state index in [1.165, 1.54) is 0 Å². The standard InChI is InChI=1S/C13H29N3O2/c1-12(2,3)8-10(17)9-15-7-6-13(4,5)11(14)16-18/h10,15,17-18H,6-9H2,1-5H3,(H2,14,16). The first-order chi connectivity index (χ1) is 8.08. The number of nitrogens with one attached hydrogen (secondary N) is 1. The lowest BCUT2D eigenvalue weighted by Crippen LogP contribution is -2.37. The smallest absolute Gasteiger partial charge is 0.144 e. The van der Waals surface area contributed by atoms with Crippen LogP contribution in [0, 0.1) is 10.8 Å². The van der Waals surface area contributed by atoms with Crippen LogP contribution in [-0.4, -0.2) is 35.3 Å². The summed E-state index contributed by atoms with van der Waals surface area (Å²) in [5.41, 5.74) is 5.40. The van der Waals surface area contributed by atoms with Crippen molar-refractivity contribution in [2.24, 2.45) is 21.7 Å². The first-order valence-corrected chi connectivity index (χ1v) is 6.45. The zero-order valence-electron chi connectivity index (χ0n) is 12.3. The molecule has 0 spiro atoms. The van der Waals surface area contributed by atoms with Gasteiger partial charge in [-0.2, -0.15) is 0 Å². The average molecular weight is 259 g/mol. The van der Waals surface area contributed by atoms with Gasteiger partial charge in [-0.05, 0) is 24.8 Å². The number of aliphatic hydroxyl groups excluding tert-OH is 1. The second kappa shape index (κ2) is 6.95. The second-order valence-corrected chi connectivity index (χ2v) is 6.74. The summed E-state index contributed by atoms with van der Waals surface area (Å²) in [6, 6.07) is 0. The lowest BCUT2D eigenvalue weighted by atomic mass is 9.87. The third-order valence-electron chi connectivity index (χ3n) is 2.96. The lowest BCUT2D eigenvalue weighted by molar-refractivity contribution is 0.119. The first kappa shape index (κ1) is 17.2. The summed E-state index contributed by atoms with van der Waals surface area (Å²) in [4.78, 5) is 0. The highest BCUT2D eigenvalue weighted by atomic mass is 16.4. The molecule has 0 aromatic rings. The summed E-state index contributed by atoms with van der Waals surface area (Å²) in [6.07, 6.45) is 1.19. The molecule has 0 saturated heterocycles. The summed E-state index contributed by atoms with van der Waals surface area (Å²) >= 11 is 0. The van der Waals surface area contributed by atoms with E-state index in [4.69, 9.17) is 10.9 Å². The van der Waals surface area contributed by atoms with E-state index < -0.39 is 0 Å². The van der Waals surface area contributed by atoms with Gasteiger partial charge in [0.15, 0.2) is 0 Å². The molecule has 0 fully saturated rings. The lowest BCUT2D eigenvalue weighted by Gasteiger charge is -2.25. The maximum atomic E-state index is 9.82. The number of rotatable bonds is 7. The maximum Gasteiger partial charge on any atom is 0.144 e.